The van der Waals surface area contributed by atoms with Crippen molar-refractivity contribution in [3.05, 3.63) is 66.0 Å². The molecule has 3 aromatic rings. The molecule has 0 atom stereocenters. The lowest BCUT2D eigenvalue weighted by atomic mass is 10.1. The van der Waals surface area contributed by atoms with Gasteiger partial charge in [0.15, 0.2) is 0 Å². The maximum Gasteiger partial charge on any atom is 0.409 e. The molecular formula is C18H11FN2O3. The number of amides is 1. The predicted octanol–water partition coefficient (Wildman–Crippen LogP) is 4.73. The molecule has 0 aliphatic heterocycles. The number of hydrogen-bond donors (Lipinski definition) is 2. The van der Waals surface area contributed by atoms with E-state index in [0.29, 0.717) is 5.75 Å². The Kier molecular flexibility index (Phi) is 4.00. The van der Waals surface area contributed by atoms with Gasteiger partial charge in [0.05, 0.1) is 11.3 Å². The summed E-state index contributed by atoms with van der Waals surface area (Å²) in [4.78, 5) is 10.7. The Morgan fingerprint density at radius 1 is 1.12 bits per heavy atom. The quantitative estimate of drug-likeness (QED) is 0.730. The minimum absolute atomic E-state index is 0.0309. The summed E-state index contributed by atoms with van der Waals surface area (Å²) < 4.78 is 19.5. The number of benzene rings is 3. The molecular weight excluding hydrogens is 311 g/mol. The summed E-state index contributed by atoms with van der Waals surface area (Å²) >= 11 is 0. The fourth-order valence-corrected chi connectivity index (χ4v) is 2.29. The molecule has 3 rings (SSSR count). The Morgan fingerprint density at radius 2 is 1.88 bits per heavy atom. The third kappa shape index (κ3) is 3.10. The summed E-state index contributed by atoms with van der Waals surface area (Å²) in [5, 5.41) is 21.8. The number of ether oxygens (including phenoxy) is 1. The van der Waals surface area contributed by atoms with Crippen molar-refractivity contribution in [3.8, 4) is 17.6 Å². The predicted molar refractivity (Wildman–Crippen MR) is 86.8 cm³/mol. The van der Waals surface area contributed by atoms with E-state index < -0.39 is 11.9 Å². The van der Waals surface area contributed by atoms with Crippen molar-refractivity contribution in [2.45, 2.75) is 0 Å². The first-order chi connectivity index (χ1) is 11.6. The molecule has 0 fully saturated rings. The second-order valence-electron chi connectivity index (χ2n) is 4.98. The van der Waals surface area contributed by atoms with Crippen LogP contribution in [-0.4, -0.2) is 11.2 Å². The van der Waals surface area contributed by atoms with Crippen LogP contribution in [0.2, 0.25) is 0 Å². The van der Waals surface area contributed by atoms with Crippen molar-refractivity contribution >= 4 is 22.6 Å². The molecule has 0 aliphatic rings. The van der Waals surface area contributed by atoms with Crippen LogP contribution in [-0.2, 0) is 0 Å². The first-order valence-corrected chi connectivity index (χ1v) is 6.97. The summed E-state index contributed by atoms with van der Waals surface area (Å²) in [5.74, 6) is -0.323. The average Bonchev–Trinajstić information content (AvgIpc) is 2.57. The molecule has 0 aromatic heterocycles. The van der Waals surface area contributed by atoms with E-state index in [0.717, 1.165) is 22.9 Å². The SMILES string of the molecule is N#Cc1cc(F)c(NC(=O)O)cc1Oc1ccc2ccccc2c1. The van der Waals surface area contributed by atoms with Crippen LogP contribution in [0.1, 0.15) is 5.56 Å². The van der Waals surface area contributed by atoms with Gasteiger partial charge < -0.3 is 9.84 Å². The Hall–Kier alpha value is -3.59. The van der Waals surface area contributed by atoms with E-state index >= 15 is 0 Å². The lowest BCUT2D eigenvalue weighted by Gasteiger charge is -2.11. The molecule has 1 amide bonds. The smallest absolute Gasteiger partial charge is 0.409 e. The fraction of sp³-hybridized carbons (Fsp3) is 0. The molecule has 118 valence electrons. The molecule has 3 aromatic carbocycles. The maximum atomic E-state index is 13.8. The summed E-state index contributed by atoms with van der Waals surface area (Å²) in [6.07, 6.45) is -1.41. The number of halogens is 1. The topological polar surface area (TPSA) is 82.4 Å². The number of anilines is 1. The number of rotatable bonds is 3. The van der Waals surface area contributed by atoms with Crippen LogP contribution in [0.15, 0.2) is 54.6 Å². The lowest BCUT2D eigenvalue weighted by Crippen LogP contribution is -2.09. The number of nitriles is 1. The third-order valence-corrected chi connectivity index (χ3v) is 3.38. The standard InChI is InChI=1S/C18H11FN2O3/c19-15-8-13(10-20)17(9-16(15)21-18(22)23)24-14-6-5-11-3-1-2-4-12(11)7-14/h1-9,21H,(H,22,23). The van der Waals surface area contributed by atoms with Gasteiger partial charge in [0, 0.05) is 6.07 Å². The van der Waals surface area contributed by atoms with Crippen LogP contribution in [0.4, 0.5) is 14.9 Å². The van der Waals surface area contributed by atoms with Crippen molar-refractivity contribution in [1.82, 2.24) is 0 Å². The van der Waals surface area contributed by atoms with E-state index in [9.17, 15) is 9.18 Å². The molecule has 0 heterocycles. The number of fused-ring (bicyclic) bond motifs is 1. The van der Waals surface area contributed by atoms with Gasteiger partial charge in [-0.2, -0.15) is 5.26 Å². The second kappa shape index (κ2) is 6.26. The molecule has 0 saturated carbocycles. The van der Waals surface area contributed by atoms with Crippen molar-refractivity contribution in [2.24, 2.45) is 0 Å². The second-order valence-corrected chi connectivity index (χ2v) is 4.98. The van der Waals surface area contributed by atoms with E-state index in [4.69, 9.17) is 15.1 Å². The third-order valence-electron chi connectivity index (χ3n) is 3.38. The van der Waals surface area contributed by atoms with Crippen LogP contribution < -0.4 is 10.1 Å². The fourth-order valence-electron chi connectivity index (χ4n) is 2.29. The van der Waals surface area contributed by atoms with Gasteiger partial charge in [-0.15, -0.1) is 0 Å². The van der Waals surface area contributed by atoms with Crippen molar-refractivity contribution in [1.29, 1.82) is 5.26 Å². The molecule has 0 unspecified atom stereocenters. The van der Waals surface area contributed by atoms with E-state index in [1.54, 1.807) is 12.1 Å². The molecule has 6 heteroatoms. The van der Waals surface area contributed by atoms with Gasteiger partial charge in [0.2, 0.25) is 0 Å². The highest BCUT2D eigenvalue weighted by Gasteiger charge is 2.13. The largest absolute Gasteiger partial charge is 0.465 e. The minimum atomic E-state index is -1.41. The zero-order valence-corrected chi connectivity index (χ0v) is 12.3. The number of carbonyl (C=O) groups is 1. The van der Waals surface area contributed by atoms with Crippen LogP contribution in [0.25, 0.3) is 10.8 Å². The number of hydrogen-bond acceptors (Lipinski definition) is 3. The van der Waals surface area contributed by atoms with E-state index in [1.165, 1.54) is 0 Å². The first kappa shape index (κ1) is 15.3. The first-order valence-electron chi connectivity index (χ1n) is 6.97. The Morgan fingerprint density at radius 3 is 2.58 bits per heavy atom. The van der Waals surface area contributed by atoms with Gasteiger partial charge >= 0.3 is 6.09 Å². The Bertz CT molecular complexity index is 980. The molecule has 0 radical (unpaired) electrons. The van der Waals surface area contributed by atoms with Gasteiger partial charge in [0.1, 0.15) is 23.4 Å². The molecule has 0 spiro atoms. The zero-order chi connectivity index (χ0) is 17.1. The van der Waals surface area contributed by atoms with Crippen molar-refractivity contribution in [2.75, 3.05) is 5.32 Å². The van der Waals surface area contributed by atoms with Crippen LogP contribution in [0.3, 0.4) is 0 Å². The number of nitrogens with zero attached hydrogens (tertiary/aromatic N) is 1. The van der Waals surface area contributed by atoms with E-state index in [1.807, 2.05) is 41.7 Å². The van der Waals surface area contributed by atoms with E-state index in [-0.39, 0.29) is 17.0 Å². The van der Waals surface area contributed by atoms with Crippen molar-refractivity contribution < 1.29 is 19.0 Å². The summed E-state index contributed by atoms with van der Waals surface area (Å²) in [5.41, 5.74) is -0.311. The molecule has 0 saturated heterocycles. The summed E-state index contributed by atoms with van der Waals surface area (Å²) in [7, 11) is 0. The maximum absolute atomic E-state index is 13.8. The summed E-state index contributed by atoms with van der Waals surface area (Å²) in [6, 6.07) is 16.9. The molecule has 2 N–H and O–H groups in total. The monoisotopic (exact) mass is 322 g/mol. The van der Waals surface area contributed by atoms with Crippen LogP contribution in [0.5, 0.6) is 11.5 Å². The molecule has 5 nitrogen and oxygen atoms in total. The molecule has 0 aliphatic carbocycles. The highest BCUT2D eigenvalue weighted by atomic mass is 19.1. The van der Waals surface area contributed by atoms with Gasteiger partial charge in [-0.25, -0.2) is 9.18 Å². The number of nitrogens with one attached hydrogen (secondary N) is 1. The lowest BCUT2D eigenvalue weighted by molar-refractivity contribution is 0.209. The Labute approximate surface area is 136 Å². The van der Waals surface area contributed by atoms with Crippen molar-refractivity contribution in [3.63, 3.8) is 0 Å². The van der Waals surface area contributed by atoms with Crippen LogP contribution in [0, 0.1) is 17.1 Å². The minimum Gasteiger partial charge on any atom is -0.465 e. The molecule has 24 heavy (non-hydrogen) atoms. The normalized spacial score (nSPS) is 10.2. The highest BCUT2D eigenvalue weighted by Crippen LogP contribution is 2.31. The highest BCUT2D eigenvalue weighted by molar-refractivity contribution is 5.84. The van der Waals surface area contributed by atoms with Gasteiger partial charge in [-0.05, 0) is 29.0 Å². The summed E-state index contributed by atoms with van der Waals surface area (Å²) in [6.45, 7) is 0. The van der Waals surface area contributed by atoms with Crippen LogP contribution >= 0.6 is 0 Å². The molecule has 0 bridgehead atoms. The Balaban J connectivity index is 2.00. The van der Waals surface area contributed by atoms with Gasteiger partial charge in [-0.3, -0.25) is 5.32 Å². The zero-order valence-electron chi connectivity index (χ0n) is 12.3. The van der Waals surface area contributed by atoms with Gasteiger partial charge in [-0.1, -0.05) is 30.3 Å². The average molecular weight is 322 g/mol. The van der Waals surface area contributed by atoms with E-state index in [2.05, 4.69) is 0 Å². The number of carboxylic acid groups (broad SMARTS) is 1. The van der Waals surface area contributed by atoms with Gasteiger partial charge in [0.25, 0.3) is 0 Å².